The van der Waals surface area contributed by atoms with Gasteiger partial charge in [0.1, 0.15) is 5.69 Å². The van der Waals surface area contributed by atoms with Gasteiger partial charge in [0.2, 0.25) is 0 Å². The topological polar surface area (TPSA) is 95.8 Å². The van der Waals surface area contributed by atoms with Gasteiger partial charge in [-0.3, -0.25) is 9.59 Å². The van der Waals surface area contributed by atoms with Crippen molar-refractivity contribution in [3.05, 3.63) is 28.2 Å². The standard InChI is InChI=1S/C14H23N5O4S/c1-4-7-19-13(20)6-5-12(15-19)14(21)17-8-10-18(11-9-17)24(22,23)16(2)3/h5-6H,4,7-11H2,1-3H3. The minimum absolute atomic E-state index is 0.201. The van der Waals surface area contributed by atoms with E-state index >= 15 is 0 Å². The van der Waals surface area contributed by atoms with E-state index in [9.17, 15) is 18.0 Å². The molecule has 134 valence electrons. The molecule has 0 aromatic carbocycles. The zero-order chi connectivity index (χ0) is 17.9. The molecule has 0 atom stereocenters. The zero-order valence-electron chi connectivity index (χ0n) is 14.2. The molecule has 0 saturated carbocycles. The maximum Gasteiger partial charge on any atom is 0.281 e. The van der Waals surface area contributed by atoms with Crippen molar-refractivity contribution in [3.8, 4) is 0 Å². The molecule has 1 aliphatic rings. The summed E-state index contributed by atoms with van der Waals surface area (Å²) in [5.74, 6) is -0.290. The molecule has 24 heavy (non-hydrogen) atoms. The van der Waals surface area contributed by atoms with E-state index in [-0.39, 0.29) is 30.2 Å². The Kier molecular flexibility index (Phi) is 5.73. The molecule has 2 heterocycles. The average molecular weight is 357 g/mol. The fraction of sp³-hybridized carbons (Fsp3) is 0.643. The van der Waals surface area contributed by atoms with Crippen LogP contribution in [0.25, 0.3) is 0 Å². The first kappa shape index (κ1) is 18.6. The lowest BCUT2D eigenvalue weighted by atomic mass is 10.3. The molecule has 1 aromatic rings. The number of carbonyl (C=O) groups excluding carboxylic acids is 1. The number of nitrogens with zero attached hydrogens (tertiary/aromatic N) is 5. The van der Waals surface area contributed by atoms with Gasteiger partial charge in [-0.25, -0.2) is 4.68 Å². The van der Waals surface area contributed by atoms with Crippen molar-refractivity contribution >= 4 is 16.1 Å². The molecule has 0 N–H and O–H groups in total. The first-order valence-electron chi connectivity index (χ1n) is 7.82. The van der Waals surface area contributed by atoms with Gasteiger partial charge in [0, 0.05) is 52.9 Å². The first-order chi connectivity index (χ1) is 11.3. The molecule has 1 fully saturated rings. The zero-order valence-corrected chi connectivity index (χ0v) is 15.0. The van der Waals surface area contributed by atoms with E-state index in [0.717, 1.165) is 10.7 Å². The lowest BCUT2D eigenvalue weighted by Gasteiger charge is -2.34. The molecule has 10 heteroatoms. The van der Waals surface area contributed by atoms with Crippen LogP contribution in [0.3, 0.4) is 0 Å². The van der Waals surface area contributed by atoms with E-state index < -0.39 is 10.2 Å². The summed E-state index contributed by atoms with van der Waals surface area (Å²) in [6.07, 6.45) is 0.742. The number of hydrogen-bond donors (Lipinski definition) is 0. The van der Waals surface area contributed by atoms with E-state index in [1.165, 1.54) is 35.2 Å². The molecule has 0 spiro atoms. The lowest BCUT2D eigenvalue weighted by molar-refractivity contribution is 0.0686. The third kappa shape index (κ3) is 3.82. The summed E-state index contributed by atoms with van der Waals surface area (Å²) in [5, 5.41) is 4.11. The molecule has 0 unspecified atom stereocenters. The minimum atomic E-state index is -3.47. The summed E-state index contributed by atoms with van der Waals surface area (Å²) < 4.78 is 28.0. The number of aryl methyl sites for hydroxylation is 1. The molecule has 1 amide bonds. The predicted octanol–water partition coefficient (Wildman–Crippen LogP) is -0.782. The molecule has 0 bridgehead atoms. The van der Waals surface area contributed by atoms with Gasteiger partial charge in [-0.1, -0.05) is 6.92 Å². The van der Waals surface area contributed by atoms with Crippen molar-refractivity contribution in [1.82, 2.24) is 23.3 Å². The maximum absolute atomic E-state index is 12.5. The highest BCUT2D eigenvalue weighted by atomic mass is 32.2. The quantitative estimate of drug-likeness (QED) is 0.689. The summed E-state index contributed by atoms with van der Waals surface area (Å²) in [5.41, 5.74) is -0.0396. The van der Waals surface area contributed by atoms with Gasteiger partial charge in [-0.05, 0) is 12.5 Å². The van der Waals surface area contributed by atoms with Crippen molar-refractivity contribution in [2.45, 2.75) is 19.9 Å². The van der Waals surface area contributed by atoms with Crippen LogP contribution in [-0.2, 0) is 16.8 Å². The smallest absolute Gasteiger partial charge is 0.281 e. The van der Waals surface area contributed by atoms with Crippen molar-refractivity contribution < 1.29 is 13.2 Å². The Morgan fingerprint density at radius 1 is 1.21 bits per heavy atom. The molecule has 2 rings (SSSR count). The Morgan fingerprint density at radius 2 is 1.83 bits per heavy atom. The average Bonchev–Trinajstić information content (AvgIpc) is 2.56. The van der Waals surface area contributed by atoms with E-state index in [1.54, 1.807) is 4.90 Å². The molecular weight excluding hydrogens is 334 g/mol. The van der Waals surface area contributed by atoms with Gasteiger partial charge in [0.15, 0.2) is 0 Å². The summed E-state index contributed by atoms with van der Waals surface area (Å²) in [7, 11) is -0.506. The van der Waals surface area contributed by atoms with E-state index in [0.29, 0.717) is 19.6 Å². The summed E-state index contributed by atoms with van der Waals surface area (Å²) in [6.45, 7) is 3.44. The minimum Gasteiger partial charge on any atom is -0.335 e. The Bertz CT molecular complexity index is 751. The molecule has 0 radical (unpaired) electrons. The normalized spacial score (nSPS) is 16.6. The molecule has 1 aromatic heterocycles. The number of aromatic nitrogens is 2. The largest absolute Gasteiger partial charge is 0.335 e. The number of carbonyl (C=O) groups is 1. The van der Waals surface area contributed by atoms with Crippen LogP contribution in [0.2, 0.25) is 0 Å². The van der Waals surface area contributed by atoms with Crippen molar-refractivity contribution in [1.29, 1.82) is 0 Å². The van der Waals surface area contributed by atoms with Gasteiger partial charge in [-0.15, -0.1) is 0 Å². The van der Waals surface area contributed by atoms with Crippen LogP contribution in [-0.4, -0.2) is 77.9 Å². The van der Waals surface area contributed by atoms with Gasteiger partial charge < -0.3 is 4.90 Å². The highest BCUT2D eigenvalue weighted by Crippen LogP contribution is 2.11. The van der Waals surface area contributed by atoms with Crippen LogP contribution in [0.4, 0.5) is 0 Å². The second-order valence-electron chi connectivity index (χ2n) is 5.76. The highest BCUT2D eigenvalue weighted by Gasteiger charge is 2.31. The number of hydrogen-bond acceptors (Lipinski definition) is 5. The van der Waals surface area contributed by atoms with Crippen molar-refractivity contribution in [2.24, 2.45) is 0 Å². The van der Waals surface area contributed by atoms with Gasteiger partial charge in [-0.2, -0.15) is 22.1 Å². The summed E-state index contributed by atoms with van der Waals surface area (Å²) in [6, 6.07) is 2.75. The summed E-state index contributed by atoms with van der Waals surface area (Å²) in [4.78, 5) is 25.8. The van der Waals surface area contributed by atoms with Crippen LogP contribution >= 0.6 is 0 Å². The molecule has 0 aliphatic carbocycles. The van der Waals surface area contributed by atoms with Crippen LogP contribution in [0.15, 0.2) is 16.9 Å². The molecule has 9 nitrogen and oxygen atoms in total. The third-order valence-corrected chi connectivity index (χ3v) is 5.78. The second kappa shape index (κ2) is 7.41. The monoisotopic (exact) mass is 357 g/mol. The van der Waals surface area contributed by atoms with Crippen LogP contribution < -0.4 is 5.56 Å². The van der Waals surface area contributed by atoms with Crippen LogP contribution in [0.5, 0.6) is 0 Å². The first-order valence-corrected chi connectivity index (χ1v) is 9.22. The van der Waals surface area contributed by atoms with Gasteiger partial charge >= 0.3 is 0 Å². The second-order valence-corrected chi connectivity index (χ2v) is 7.90. The number of amides is 1. The fourth-order valence-electron chi connectivity index (χ4n) is 2.45. The Morgan fingerprint density at radius 3 is 2.38 bits per heavy atom. The fourth-order valence-corrected chi connectivity index (χ4v) is 3.54. The Hall–Kier alpha value is -1.78. The van der Waals surface area contributed by atoms with Crippen molar-refractivity contribution in [2.75, 3.05) is 40.3 Å². The van der Waals surface area contributed by atoms with Gasteiger partial charge in [0.05, 0.1) is 0 Å². The predicted molar refractivity (Wildman–Crippen MR) is 88.9 cm³/mol. The SMILES string of the molecule is CCCn1nc(C(=O)N2CCN(S(=O)(=O)N(C)C)CC2)ccc1=O. The van der Waals surface area contributed by atoms with Crippen LogP contribution in [0, 0.1) is 0 Å². The lowest BCUT2D eigenvalue weighted by Crippen LogP contribution is -2.53. The summed E-state index contributed by atoms with van der Waals surface area (Å²) >= 11 is 0. The number of piperazine rings is 1. The Labute approximate surface area is 141 Å². The Balaban J connectivity index is 2.08. The molecule has 1 aliphatic heterocycles. The molecule has 1 saturated heterocycles. The molecular formula is C14H23N5O4S. The van der Waals surface area contributed by atoms with Crippen molar-refractivity contribution in [3.63, 3.8) is 0 Å². The van der Waals surface area contributed by atoms with Crippen LogP contribution in [0.1, 0.15) is 23.8 Å². The van der Waals surface area contributed by atoms with E-state index in [1.807, 2.05) is 6.92 Å². The van der Waals surface area contributed by atoms with E-state index in [4.69, 9.17) is 0 Å². The van der Waals surface area contributed by atoms with E-state index in [2.05, 4.69) is 5.10 Å². The number of rotatable bonds is 5. The van der Waals surface area contributed by atoms with Gasteiger partial charge in [0.25, 0.3) is 21.7 Å². The maximum atomic E-state index is 12.5. The highest BCUT2D eigenvalue weighted by molar-refractivity contribution is 7.86. The third-order valence-electron chi connectivity index (χ3n) is 3.83.